The van der Waals surface area contributed by atoms with E-state index in [0.717, 1.165) is 23.7 Å². The lowest BCUT2D eigenvalue weighted by atomic mass is 9.47. The summed E-state index contributed by atoms with van der Waals surface area (Å²) in [4.78, 5) is 2.47. The van der Waals surface area contributed by atoms with Crippen molar-refractivity contribution in [2.75, 3.05) is 21.2 Å². The fourth-order valence-electron chi connectivity index (χ4n) is 8.02. The molecular weight excluding hydrogens is 318 g/mol. The molecule has 0 aromatic heterocycles. The molecular formula is C24H41NO. The van der Waals surface area contributed by atoms with Crippen molar-refractivity contribution in [2.24, 2.45) is 34.5 Å². The summed E-state index contributed by atoms with van der Waals surface area (Å²) < 4.78 is 5.72. The van der Waals surface area contributed by atoms with Gasteiger partial charge in [0, 0.05) is 13.2 Å². The minimum absolute atomic E-state index is 0.463. The molecule has 0 unspecified atom stereocenters. The summed E-state index contributed by atoms with van der Waals surface area (Å²) in [6.07, 6.45) is 14.1. The fraction of sp³-hybridized carbons (Fsp3) is 0.917. The molecule has 0 aromatic rings. The predicted molar refractivity (Wildman–Crippen MR) is 109 cm³/mol. The van der Waals surface area contributed by atoms with Gasteiger partial charge >= 0.3 is 0 Å². The third-order valence-electron chi connectivity index (χ3n) is 9.86. The van der Waals surface area contributed by atoms with E-state index in [1.807, 2.05) is 7.11 Å². The molecule has 3 fully saturated rings. The van der Waals surface area contributed by atoms with Gasteiger partial charge in [-0.05, 0) is 107 Å². The zero-order valence-corrected chi connectivity index (χ0v) is 18.1. The minimum atomic E-state index is 0.463. The van der Waals surface area contributed by atoms with E-state index in [9.17, 15) is 0 Å². The van der Waals surface area contributed by atoms with E-state index in [2.05, 4.69) is 45.8 Å². The first-order chi connectivity index (χ1) is 12.3. The van der Waals surface area contributed by atoms with Gasteiger partial charge < -0.3 is 9.64 Å². The van der Waals surface area contributed by atoms with Gasteiger partial charge in [-0.2, -0.15) is 0 Å². The maximum atomic E-state index is 5.72. The van der Waals surface area contributed by atoms with Crippen LogP contribution in [0.2, 0.25) is 0 Å². The van der Waals surface area contributed by atoms with Crippen molar-refractivity contribution in [1.29, 1.82) is 0 Å². The second kappa shape index (κ2) is 6.62. The SMILES string of the molecule is CO[C@H]1CC[C@@]2(C)C(=CC[C@H]3[C@@H]4CC[C@H]([C@H](C)N(C)C)[C@@]4(C)CC[C@@H]32)C1. The summed E-state index contributed by atoms with van der Waals surface area (Å²) in [5, 5.41) is 0. The molecule has 2 nitrogen and oxygen atoms in total. The van der Waals surface area contributed by atoms with E-state index in [1.54, 1.807) is 5.57 Å². The van der Waals surface area contributed by atoms with Crippen molar-refractivity contribution in [2.45, 2.75) is 84.3 Å². The van der Waals surface area contributed by atoms with Crippen molar-refractivity contribution < 1.29 is 4.74 Å². The van der Waals surface area contributed by atoms with Gasteiger partial charge in [-0.25, -0.2) is 0 Å². The van der Waals surface area contributed by atoms with E-state index in [0.29, 0.717) is 23.0 Å². The molecule has 0 spiro atoms. The molecule has 148 valence electrons. The molecule has 0 N–H and O–H groups in total. The molecule has 0 aliphatic heterocycles. The Labute approximate surface area is 161 Å². The maximum Gasteiger partial charge on any atom is 0.0608 e. The van der Waals surface area contributed by atoms with Crippen LogP contribution in [0.4, 0.5) is 0 Å². The first kappa shape index (κ1) is 19.0. The third kappa shape index (κ3) is 2.65. The molecule has 0 aromatic carbocycles. The number of rotatable bonds is 3. The highest BCUT2D eigenvalue weighted by Crippen LogP contribution is 2.66. The Bertz CT molecular complexity index is 569. The van der Waals surface area contributed by atoms with Gasteiger partial charge in [-0.1, -0.05) is 25.5 Å². The summed E-state index contributed by atoms with van der Waals surface area (Å²) in [5.41, 5.74) is 2.78. The lowest BCUT2D eigenvalue weighted by molar-refractivity contribution is -0.0613. The summed E-state index contributed by atoms with van der Waals surface area (Å²) in [5.74, 6) is 3.68. The van der Waals surface area contributed by atoms with Crippen LogP contribution in [0.25, 0.3) is 0 Å². The van der Waals surface area contributed by atoms with E-state index in [4.69, 9.17) is 4.74 Å². The lowest BCUT2D eigenvalue weighted by Crippen LogP contribution is -2.52. The molecule has 4 rings (SSSR count). The van der Waals surface area contributed by atoms with Crippen LogP contribution >= 0.6 is 0 Å². The van der Waals surface area contributed by atoms with Crippen LogP contribution in [0, 0.1) is 34.5 Å². The molecule has 4 aliphatic carbocycles. The van der Waals surface area contributed by atoms with Crippen LogP contribution in [0.1, 0.15) is 72.1 Å². The molecule has 26 heavy (non-hydrogen) atoms. The van der Waals surface area contributed by atoms with E-state index in [1.165, 1.54) is 51.4 Å². The van der Waals surface area contributed by atoms with Gasteiger partial charge in [0.25, 0.3) is 0 Å². The topological polar surface area (TPSA) is 12.5 Å². The van der Waals surface area contributed by atoms with Crippen molar-refractivity contribution in [3.63, 3.8) is 0 Å². The van der Waals surface area contributed by atoms with Crippen LogP contribution in [0.3, 0.4) is 0 Å². The zero-order valence-electron chi connectivity index (χ0n) is 18.1. The number of methoxy groups -OCH3 is 1. The monoisotopic (exact) mass is 359 g/mol. The molecule has 2 heteroatoms. The summed E-state index contributed by atoms with van der Waals surface area (Å²) in [6, 6.07) is 0.712. The zero-order chi connectivity index (χ0) is 18.7. The second-order valence-corrected chi connectivity index (χ2v) is 10.8. The minimum Gasteiger partial charge on any atom is -0.381 e. The highest BCUT2D eigenvalue weighted by Gasteiger charge is 2.59. The van der Waals surface area contributed by atoms with E-state index in [-0.39, 0.29) is 0 Å². The molecule has 0 radical (unpaired) electrons. The van der Waals surface area contributed by atoms with Crippen molar-refractivity contribution in [1.82, 2.24) is 4.90 Å². The maximum absolute atomic E-state index is 5.72. The molecule has 0 bridgehead atoms. The van der Waals surface area contributed by atoms with E-state index < -0.39 is 0 Å². The van der Waals surface area contributed by atoms with Crippen molar-refractivity contribution in [3.05, 3.63) is 11.6 Å². The van der Waals surface area contributed by atoms with Crippen molar-refractivity contribution in [3.8, 4) is 0 Å². The first-order valence-corrected chi connectivity index (χ1v) is 11.2. The molecule has 0 saturated heterocycles. The summed E-state index contributed by atoms with van der Waals surface area (Å²) in [6.45, 7) is 7.74. The van der Waals surface area contributed by atoms with Gasteiger partial charge in [-0.3, -0.25) is 0 Å². The standard InChI is InChI=1S/C24H41NO/c1-16(25(4)5)20-9-10-21-19-8-7-17-15-18(26-6)11-13-23(17,2)22(19)12-14-24(20,21)3/h7,16,18-22H,8-15H2,1-6H3/t16-,18-,19-,20+,21-,22-,23-,24+/m0/s1. The number of allylic oxidation sites excluding steroid dienone is 1. The van der Waals surface area contributed by atoms with Gasteiger partial charge in [-0.15, -0.1) is 0 Å². The van der Waals surface area contributed by atoms with Crippen LogP contribution < -0.4 is 0 Å². The Kier molecular flexibility index (Phi) is 4.84. The summed E-state index contributed by atoms with van der Waals surface area (Å²) in [7, 11) is 6.45. The van der Waals surface area contributed by atoms with Crippen molar-refractivity contribution >= 4 is 0 Å². The van der Waals surface area contributed by atoms with Gasteiger partial charge in [0.1, 0.15) is 0 Å². The smallest absolute Gasteiger partial charge is 0.0608 e. The number of hydrogen-bond donors (Lipinski definition) is 0. The highest BCUT2D eigenvalue weighted by atomic mass is 16.5. The largest absolute Gasteiger partial charge is 0.381 e. The number of hydrogen-bond acceptors (Lipinski definition) is 2. The first-order valence-electron chi connectivity index (χ1n) is 11.2. The number of nitrogens with zero attached hydrogens (tertiary/aromatic N) is 1. The normalized spacial score (nSPS) is 49.2. The fourth-order valence-corrected chi connectivity index (χ4v) is 8.02. The second-order valence-electron chi connectivity index (χ2n) is 10.8. The number of ether oxygens (including phenoxy) is 1. The van der Waals surface area contributed by atoms with Crippen LogP contribution in [0.15, 0.2) is 11.6 Å². The van der Waals surface area contributed by atoms with Crippen LogP contribution in [-0.2, 0) is 4.74 Å². The van der Waals surface area contributed by atoms with E-state index >= 15 is 0 Å². The number of fused-ring (bicyclic) bond motifs is 5. The molecule has 4 aliphatic rings. The summed E-state index contributed by atoms with van der Waals surface area (Å²) >= 11 is 0. The Balaban J connectivity index is 1.60. The molecule has 0 amide bonds. The lowest BCUT2D eigenvalue weighted by Gasteiger charge is -2.58. The average Bonchev–Trinajstić information content (AvgIpc) is 2.97. The Morgan fingerprint density at radius 1 is 1.08 bits per heavy atom. The molecule has 0 heterocycles. The Morgan fingerprint density at radius 2 is 1.85 bits per heavy atom. The average molecular weight is 360 g/mol. The van der Waals surface area contributed by atoms with Gasteiger partial charge in [0.15, 0.2) is 0 Å². The quantitative estimate of drug-likeness (QED) is 0.614. The van der Waals surface area contributed by atoms with Crippen LogP contribution in [-0.4, -0.2) is 38.3 Å². The van der Waals surface area contributed by atoms with Crippen LogP contribution in [0.5, 0.6) is 0 Å². The molecule has 3 saturated carbocycles. The Hall–Kier alpha value is -0.340. The van der Waals surface area contributed by atoms with Gasteiger partial charge in [0.05, 0.1) is 6.10 Å². The predicted octanol–water partition coefficient (Wildman–Crippen LogP) is 5.53. The third-order valence-corrected chi connectivity index (χ3v) is 9.86. The molecule has 8 atom stereocenters. The highest BCUT2D eigenvalue weighted by molar-refractivity contribution is 5.25. The Morgan fingerprint density at radius 3 is 2.54 bits per heavy atom. The van der Waals surface area contributed by atoms with Gasteiger partial charge in [0.2, 0.25) is 0 Å².